The number of rotatable bonds is 7. The van der Waals surface area contributed by atoms with Crippen LogP contribution in [0.4, 0.5) is 0 Å². The molecule has 0 saturated heterocycles. The highest BCUT2D eigenvalue weighted by Crippen LogP contribution is 2.26. The van der Waals surface area contributed by atoms with E-state index in [2.05, 4.69) is 0 Å². The molecular formula is C17H20O8. The van der Waals surface area contributed by atoms with Crippen molar-refractivity contribution in [2.45, 2.75) is 44.6 Å². The molecule has 0 unspecified atom stereocenters. The van der Waals surface area contributed by atoms with Gasteiger partial charge in [0.15, 0.2) is 0 Å². The first-order valence-electron chi connectivity index (χ1n) is 7.38. The van der Waals surface area contributed by atoms with Crippen LogP contribution in [0.3, 0.4) is 0 Å². The molecular weight excluding hydrogens is 332 g/mol. The molecule has 0 saturated carbocycles. The minimum Gasteiger partial charge on any atom is -0.481 e. The van der Waals surface area contributed by atoms with Crippen molar-refractivity contribution in [3.05, 3.63) is 35.4 Å². The standard InChI is InChI=1S/C17H20O8/c1-16(2,3)11-6-4-10(5-7-11)14(22)25-17(15(23)24,8-12(18)19)9-13(20)21/h4-7H,8-9H2,1-3H3,(H,18,19)(H,20,21)(H,23,24). The van der Waals surface area contributed by atoms with E-state index in [1.165, 1.54) is 12.1 Å². The third-order valence-corrected chi connectivity index (χ3v) is 3.54. The normalized spacial score (nSPS) is 11.6. The van der Waals surface area contributed by atoms with E-state index in [0.29, 0.717) is 0 Å². The number of carboxylic acids is 3. The summed E-state index contributed by atoms with van der Waals surface area (Å²) in [6.07, 6.45) is -2.33. The average molecular weight is 352 g/mol. The molecule has 25 heavy (non-hydrogen) atoms. The van der Waals surface area contributed by atoms with Gasteiger partial charge in [0.25, 0.3) is 0 Å². The molecule has 0 amide bonds. The van der Waals surface area contributed by atoms with Crippen LogP contribution >= 0.6 is 0 Å². The maximum absolute atomic E-state index is 12.2. The van der Waals surface area contributed by atoms with Gasteiger partial charge in [-0.2, -0.15) is 0 Å². The molecule has 0 atom stereocenters. The van der Waals surface area contributed by atoms with Gasteiger partial charge in [0.2, 0.25) is 5.60 Å². The molecule has 0 heterocycles. The number of hydrogen-bond donors (Lipinski definition) is 3. The molecule has 0 aliphatic carbocycles. The van der Waals surface area contributed by atoms with E-state index in [4.69, 9.17) is 14.9 Å². The number of carbonyl (C=O) groups is 4. The maximum Gasteiger partial charge on any atom is 0.349 e. The quantitative estimate of drug-likeness (QED) is 0.633. The van der Waals surface area contributed by atoms with Crippen molar-refractivity contribution in [1.29, 1.82) is 0 Å². The van der Waals surface area contributed by atoms with Crippen LogP contribution in [0.2, 0.25) is 0 Å². The Bertz CT molecular complexity index is 666. The SMILES string of the molecule is CC(C)(C)c1ccc(C(=O)OC(CC(=O)O)(CC(=O)O)C(=O)O)cc1. The van der Waals surface area contributed by atoms with Gasteiger partial charge in [-0.25, -0.2) is 9.59 Å². The predicted molar refractivity (Wildman–Crippen MR) is 85.4 cm³/mol. The van der Waals surface area contributed by atoms with Crippen LogP contribution in [0.1, 0.15) is 49.5 Å². The molecule has 1 aromatic rings. The van der Waals surface area contributed by atoms with Crippen molar-refractivity contribution in [3.63, 3.8) is 0 Å². The van der Waals surface area contributed by atoms with Crippen molar-refractivity contribution in [2.75, 3.05) is 0 Å². The minimum atomic E-state index is -2.68. The molecule has 1 rings (SSSR count). The zero-order chi connectivity index (χ0) is 19.4. The van der Waals surface area contributed by atoms with Crippen LogP contribution in [-0.2, 0) is 24.5 Å². The zero-order valence-corrected chi connectivity index (χ0v) is 14.1. The lowest BCUT2D eigenvalue weighted by molar-refractivity contribution is -0.171. The highest BCUT2D eigenvalue weighted by molar-refractivity contribution is 5.95. The number of aliphatic carboxylic acids is 3. The summed E-state index contributed by atoms with van der Waals surface area (Å²) < 4.78 is 4.83. The number of esters is 1. The van der Waals surface area contributed by atoms with Crippen LogP contribution in [0.25, 0.3) is 0 Å². The largest absolute Gasteiger partial charge is 0.481 e. The Morgan fingerprint density at radius 2 is 1.32 bits per heavy atom. The van der Waals surface area contributed by atoms with Gasteiger partial charge in [-0.1, -0.05) is 32.9 Å². The summed E-state index contributed by atoms with van der Waals surface area (Å²) in [5.74, 6) is -6.14. The molecule has 8 nitrogen and oxygen atoms in total. The second-order valence-corrected chi connectivity index (χ2v) is 6.66. The summed E-state index contributed by atoms with van der Waals surface area (Å²) in [7, 11) is 0. The first kappa shape index (κ1) is 20.1. The molecule has 1 aromatic carbocycles. The second kappa shape index (κ2) is 7.33. The van der Waals surface area contributed by atoms with E-state index in [9.17, 15) is 24.3 Å². The Balaban J connectivity index is 3.14. The van der Waals surface area contributed by atoms with E-state index in [1.54, 1.807) is 12.1 Å². The lowest BCUT2D eigenvalue weighted by Gasteiger charge is -2.26. The minimum absolute atomic E-state index is 0.00518. The van der Waals surface area contributed by atoms with E-state index in [0.717, 1.165) is 5.56 Å². The Morgan fingerprint density at radius 1 is 0.880 bits per heavy atom. The zero-order valence-electron chi connectivity index (χ0n) is 14.1. The number of ether oxygens (including phenoxy) is 1. The topological polar surface area (TPSA) is 138 Å². The van der Waals surface area contributed by atoms with E-state index >= 15 is 0 Å². The molecule has 0 aliphatic heterocycles. The van der Waals surface area contributed by atoms with Gasteiger partial charge in [0.1, 0.15) is 0 Å². The Kier molecular flexibility index (Phi) is 5.91. The average Bonchev–Trinajstić information content (AvgIpc) is 2.44. The molecule has 8 heteroatoms. The first-order chi connectivity index (χ1) is 11.4. The molecule has 0 aliphatic rings. The van der Waals surface area contributed by atoms with Crippen molar-refractivity contribution >= 4 is 23.9 Å². The highest BCUT2D eigenvalue weighted by Gasteiger charge is 2.47. The van der Waals surface area contributed by atoms with Gasteiger partial charge in [0.05, 0.1) is 18.4 Å². The molecule has 0 aromatic heterocycles. The van der Waals surface area contributed by atoms with Crippen molar-refractivity contribution < 1.29 is 39.2 Å². The van der Waals surface area contributed by atoms with Crippen LogP contribution in [0.5, 0.6) is 0 Å². The third kappa shape index (κ3) is 5.30. The van der Waals surface area contributed by atoms with Gasteiger partial charge in [0, 0.05) is 0 Å². The fraction of sp³-hybridized carbons (Fsp3) is 0.412. The van der Waals surface area contributed by atoms with E-state index < -0.39 is 42.3 Å². The van der Waals surface area contributed by atoms with Gasteiger partial charge in [-0.3, -0.25) is 9.59 Å². The first-order valence-corrected chi connectivity index (χ1v) is 7.38. The number of benzene rings is 1. The monoisotopic (exact) mass is 352 g/mol. The molecule has 0 fully saturated rings. The Labute approximate surface area is 144 Å². The van der Waals surface area contributed by atoms with E-state index in [1.807, 2.05) is 20.8 Å². The number of carbonyl (C=O) groups excluding carboxylic acids is 1. The van der Waals surface area contributed by atoms with Crippen molar-refractivity contribution in [2.24, 2.45) is 0 Å². The summed E-state index contributed by atoms with van der Waals surface area (Å²) in [6.45, 7) is 5.90. The molecule has 3 N–H and O–H groups in total. The lowest BCUT2D eigenvalue weighted by Crippen LogP contribution is -2.47. The third-order valence-electron chi connectivity index (χ3n) is 3.54. The highest BCUT2D eigenvalue weighted by atomic mass is 16.6. The van der Waals surface area contributed by atoms with Crippen LogP contribution in [0.15, 0.2) is 24.3 Å². The summed E-state index contributed by atoms with van der Waals surface area (Å²) in [5.41, 5.74) is -1.93. The van der Waals surface area contributed by atoms with Gasteiger partial charge in [-0.05, 0) is 23.1 Å². The number of carboxylic acid groups (broad SMARTS) is 3. The molecule has 0 radical (unpaired) electrons. The molecule has 0 spiro atoms. The fourth-order valence-corrected chi connectivity index (χ4v) is 2.16. The second-order valence-electron chi connectivity index (χ2n) is 6.66. The number of hydrogen-bond acceptors (Lipinski definition) is 5. The van der Waals surface area contributed by atoms with E-state index in [-0.39, 0.29) is 11.0 Å². The fourth-order valence-electron chi connectivity index (χ4n) is 2.16. The lowest BCUT2D eigenvalue weighted by atomic mass is 9.87. The van der Waals surface area contributed by atoms with Crippen molar-refractivity contribution in [1.82, 2.24) is 0 Å². The molecule has 0 bridgehead atoms. The predicted octanol–water partition coefficient (Wildman–Crippen LogP) is 1.91. The van der Waals surface area contributed by atoms with Crippen LogP contribution in [-0.4, -0.2) is 44.8 Å². The maximum atomic E-state index is 12.2. The van der Waals surface area contributed by atoms with Crippen LogP contribution < -0.4 is 0 Å². The molecule has 136 valence electrons. The van der Waals surface area contributed by atoms with Gasteiger partial charge >= 0.3 is 23.9 Å². The Hall–Kier alpha value is -2.90. The summed E-state index contributed by atoms with van der Waals surface area (Å²) >= 11 is 0. The summed E-state index contributed by atoms with van der Waals surface area (Å²) in [6, 6.07) is 6.15. The van der Waals surface area contributed by atoms with Gasteiger partial charge < -0.3 is 20.1 Å². The van der Waals surface area contributed by atoms with Crippen LogP contribution in [0, 0.1) is 0 Å². The summed E-state index contributed by atoms with van der Waals surface area (Å²) in [4.78, 5) is 45.5. The van der Waals surface area contributed by atoms with Crippen molar-refractivity contribution in [3.8, 4) is 0 Å². The summed E-state index contributed by atoms with van der Waals surface area (Å²) in [5, 5.41) is 27.0. The van der Waals surface area contributed by atoms with Gasteiger partial charge in [-0.15, -0.1) is 0 Å². The smallest absolute Gasteiger partial charge is 0.349 e. The Morgan fingerprint density at radius 3 is 1.64 bits per heavy atom.